The van der Waals surface area contributed by atoms with E-state index in [1.807, 2.05) is 0 Å². The molecule has 2 spiro atoms. The molecule has 0 aromatic heterocycles. The number of rotatable bonds is 0. The van der Waals surface area contributed by atoms with Crippen LogP contribution in [0.1, 0.15) is 64.2 Å². The highest BCUT2D eigenvalue weighted by atomic mass is 16.5. The molecule has 27 heavy (non-hydrogen) atoms. The molecule has 3 nitrogen and oxygen atoms in total. The van der Waals surface area contributed by atoms with Crippen molar-refractivity contribution in [3.8, 4) is 47.4 Å². The predicted octanol–water partition coefficient (Wildman–Crippen LogP) is 3.47. The van der Waals surface area contributed by atoms with E-state index in [9.17, 15) is 0 Å². The molecule has 2 fully saturated rings. The van der Waals surface area contributed by atoms with Gasteiger partial charge in [0.25, 0.3) is 0 Å². The molecular formula is C24H28O3. The third-order valence-corrected chi connectivity index (χ3v) is 5.41. The lowest BCUT2D eigenvalue weighted by Crippen LogP contribution is -2.34. The lowest BCUT2D eigenvalue weighted by molar-refractivity contribution is -0.00862. The molecule has 2 aliphatic carbocycles. The quantitative estimate of drug-likeness (QED) is 0.616. The summed E-state index contributed by atoms with van der Waals surface area (Å²) >= 11 is 0. The van der Waals surface area contributed by atoms with Crippen LogP contribution in [0.2, 0.25) is 0 Å². The van der Waals surface area contributed by atoms with Crippen molar-refractivity contribution in [3.63, 3.8) is 0 Å². The summed E-state index contributed by atoms with van der Waals surface area (Å²) in [7, 11) is 0. The summed E-state index contributed by atoms with van der Waals surface area (Å²) in [6.45, 7) is 1.49. The highest BCUT2D eigenvalue weighted by Gasteiger charge is 2.32. The molecule has 0 aromatic rings. The Bertz CT molecular complexity index is 659. The molecule has 0 bridgehead atoms. The Morgan fingerprint density at radius 1 is 0.481 bits per heavy atom. The minimum absolute atomic E-state index is 0.366. The molecule has 3 rings (SSSR count). The zero-order valence-electron chi connectivity index (χ0n) is 16.1. The maximum Gasteiger partial charge on any atom is 0.131 e. The first-order valence-corrected chi connectivity index (χ1v) is 10.1. The predicted molar refractivity (Wildman–Crippen MR) is 105 cm³/mol. The van der Waals surface area contributed by atoms with E-state index in [-0.39, 0.29) is 0 Å². The summed E-state index contributed by atoms with van der Waals surface area (Å²) in [5.41, 5.74) is -0.805. The van der Waals surface area contributed by atoms with Crippen molar-refractivity contribution >= 4 is 0 Å². The smallest absolute Gasteiger partial charge is 0.131 e. The van der Waals surface area contributed by atoms with Gasteiger partial charge in [0.2, 0.25) is 0 Å². The second kappa shape index (κ2) is 10.5. The van der Waals surface area contributed by atoms with E-state index in [0.717, 1.165) is 51.4 Å². The molecule has 142 valence electrons. The topological polar surface area (TPSA) is 27.7 Å². The van der Waals surface area contributed by atoms with Crippen LogP contribution in [-0.2, 0) is 14.2 Å². The van der Waals surface area contributed by atoms with Crippen LogP contribution in [0.4, 0.5) is 0 Å². The molecule has 2 saturated carbocycles. The minimum Gasteiger partial charge on any atom is -0.356 e. The van der Waals surface area contributed by atoms with Gasteiger partial charge >= 0.3 is 0 Å². The number of hydrogen-bond donors (Lipinski definition) is 0. The normalized spacial score (nSPS) is 24.6. The third-order valence-electron chi connectivity index (χ3n) is 5.41. The van der Waals surface area contributed by atoms with Gasteiger partial charge in [-0.25, -0.2) is 0 Å². The molecule has 0 N–H and O–H groups in total. The summed E-state index contributed by atoms with van der Waals surface area (Å²) in [6.07, 6.45) is 10.9. The Kier molecular flexibility index (Phi) is 7.69. The molecule has 3 heteroatoms. The third kappa shape index (κ3) is 6.35. The van der Waals surface area contributed by atoms with E-state index in [1.54, 1.807) is 0 Å². The second-order valence-corrected chi connectivity index (χ2v) is 7.39. The van der Waals surface area contributed by atoms with Crippen LogP contribution < -0.4 is 0 Å². The first-order chi connectivity index (χ1) is 13.3. The van der Waals surface area contributed by atoms with E-state index >= 15 is 0 Å². The van der Waals surface area contributed by atoms with E-state index in [4.69, 9.17) is 14.2 Å². The summed E-state index contributed by atoms with van der Waals surface area (Å²) in [5.74, 6) is 24.8. The fourth-order valence-corrected chi connectivity index (χ4v) is 3.85. The van der Waals surface area contributed by atoms with Gasteiger partial charge in [-0.3, -0.25) is 0 Å². The van der Waals surface area contributed by atoms with Crippen molar-refractivity contribution in [2.24, 2.45) is 0 Å². The van der Waals surface area contributed by atoms with Crippen molar-refractivity contribution in [2.45, 2.75) is 75.4 Å². The van der Waals surface area contributed by atoms with Crippen LogP contribution in [0, 0.1) is 47.4 Å². The Labute approximate surface area is 163 Å². The lowest BCUT2D eigenvalue weighted by atomic mass is 9.84. The van der Waals surface area contributed by atoms with E-state index < -0.39 is 11.2 Å². The van der Waals surface area contributed by atoms with Crippen LogP contribution in [0.25, 0.3) is 0 Å². The summed E-state index contributed by atoms with van der Waals surface area (Å²) in [4.78, 5) is 0. The standard InChI is InChI=1S/C24H28O3/c1-3-13-23(14-4-1)17-7-8-18-24(15-5-2-6-16-24)27-22-12-10-20-25-19-9-11-21-26-23/h1-6,13-16,19-22H2. The van der Waals surface area contributed by atoms with Crippen molar-refractivity contribution in [3.05, 3.63) is 0 Å². The molecule has 3 aliphatic rings. The van der Waals surface area contributed by atoms with Gasteiger partial charge in [0, 0.05) is 0 Å². The molecule has 1 aliphatic heterocycles. The molecular weight excluding hydrogens is 336 g/mol. The second-order valence-electron chi connectivity index (χ2n) is 7.39. The zero-order chi connectivity index (χ0) is 18.7. The highest BCUT2D eigenvalue weighted by molar-refractivity contribution is 5.34. The average Bonchev–Trinajstić information content (AvgIpc) is 2.71. The van der Waals surface area contributed by atoms with Crippen molar-refractivity contribution in [1.82, 2.24) is 0 Å². The largest absolute Gasteiger partial charge is 0.356 e. The van der Waals surface area contributed by atoms with Gasteiger partial charge in [0.05, 0.1) is 0 Å². The Balaban J connectivity index is 1.80. The van der Waals surface area contributed by atoms with E-state index in [1.165, 1.54) is 12.8 Å². The molecule has 0 saturated heterocycles. The first-order valence-electron chi connectivity index (χ1n) is 10.1. The highest BCUT2D eigenvalue weighted by Crippen LogP contribution is 2.32. The Hall–Kier alpha value is -1.88. The number of ether oxygens (including phenoxy) is 3. The van der Waals surface area contributed by atoms with Gasteiger partial charge in [-0.2, -0.15) is 0 Å². The Morgan fingerprint density at radius 3 is 1.33 bits per heavy atom. The average molecular weight is 364 g/mol. The van der Waals surface area contributed by atoms with Crippen LogP contribution in [0.5, 0.6) is 0 Å². The van der Waals surface area contributed by atoms with Crippen LogP contribution in [0.3, 0.4) is 0 Å². The zero-order valence-corrected chi connectivity index (χ0v) is 16.1. The summed E-state index contributed by atoms with van der Waals surface area (Å²) in [5, 5.41) is 0. The van der Waals surface area contributed by atoms with Crippen molar-refractivity contribution in [1.29, 1.82) is 0 Å². The fourth-order valence-electron chi connectivity index (χ4n) is 3.85. The van der Waals surface area contributed by atoms with Gasteiger partial charge in [-0.05, 0) is 63.2 Å². The Morgan fingerprint density at radius 2 is 0.889 bits per heavy atom. The molecule has 0 unspecified atom stereocenters. The fraction of sp³-hybridized carbons (Fsp3) is 0.667. The molecule has 0 atom stereocenters. The summed E-state index contributed by atoms with van der Waals surface area (Å²) in [6, 6.07) is 0. The van der Waals surface area contributed by atoms with Gasteiger partial charge in [-0.15, -0.1) is 0 Å². The van der Waals surface area contributed by atoms with Gasteiger partial charge < -0.3 is 14.2 Å². The van der Waals surface area contributed by atoms with E-state index in [2.05, 4.69) is 47.4 Å². The van der Waals surface area contributed by atoms with E-state index in [0.29, 0.717) is 26.4 Å². The molecule has 0 aromatic carbocycles. The van der Waals surface area contributed by atoms with Crippen LogP contribution >= 0.6 is 0 Å². The van der Waals surface area contributed by atoms with Gasteiger partial charge in [0.1, 0.15) is 37.6 Å². The maximum absolute atomic E-state index is 6.10. The minimum atomic E-state index is -0.403. The molecule has 0 radical (unpaired) electrons. The summed E-state index contributed by atoms with van der Waals surface area (Å²) < 4.78 is 17.6. The van der Waals surface area contributed by atoms with Gasteiger partial charge in [-0.1, -0.05) is 48.4 Å². The van der Waals surface area contributed by atoms with Gasteiger partial charge in [0.15, 0.2) is 0 Å². The maximum atomic E-state index is 6.10. The first kappa shape index (κ1) is 19.9. The van der Waals surface area contributed by atoms with Crippen LogP contribution in [0.15, 0.2) is 0 Å². The SMILES string of the molecule is C1#CC2(CCCCC2)OCC#CCOCC#CCOC2(C#C1)CCCCC2. The molecule has 0 amide bonds. The number of hydrogen-bond acceptors (Lipinski definition) is 3. The monoisotopic (exact) mass is 364 g/mol. The van der Waals surface area contributed by atoms with Crippen LogP contribution in [-0.4, -0.2) is 37.6 Å². The lowest BCUT2D eigenvalue weighted by Gasteiger charge is -2.32. The molecule has 1 heterocycles. The van der Waals surface area contributed by atoms with Crippen molar-refractivity contribution < 1.29 is 14.2 Å². The van der Waals surface area contributed by atoms with Crippen molar-refractivity contribution in [2.75, 3.05) is 26.4 Å².